The maximum Gasteiger partial charge on any atom is 0.336 e. The molecule has 3 amide bonds. The molecule has 0 unspecified atom stereocenters. The lowest BCUT2D eigenvalue weighted by molar-refractivity contribution is 0.0818. The monoisotopic (exact) mass is 511 g/mol. The number of carbonyl (C=O) groups excluding carboxylic acids is 2. The van der Waals surface area contributed by atoms with E-state index in [2.05, 4.69) is 10.7 Å². The quantitative estimate of drug-likeness (QED) is 0.385. The highest BCUT2D eigenvalue weighted by Crippen LogP contribution is 2.30. The lowest BCUT2D eigenvalue weighted by atomic mass is 10.2. The van der Waals surface area contributed by atoms with Crippen LogP contribution < -0.4 is 25.0 Å². The number of nitrogens with one attached hydrogen (secondary N) is 2. The Bertz CT molecular complexity index is 1190. The van der Waals surface area contributed by atoms with E-state index in [0.29, 0.717) is 28.9 Å². The van der Waals surface area contributed by atoms with Crippen LogP contribution in [0.15, 0.2) is 66.7 Å². The van der Waals surface area contributed by atoms with Gasteiger partial charge >= 0.3 is 6.03 Å². The van der Waals surface area contributed by atoms with Crippen LogP contribution in [0.5, 0.6) is 17.2 Å². The van der Waals surface area contributed by atoms with E-state index in [4.69, 9.17) is 25.8 Å². The van der Waals surface area contributed by atoms with Gasteiger partial charge in [0.15, 0.2) is 11.5 Å². The van der Waals surface area contributed by atoms with Gasteiger partial charge in [-0.3, -0.25) is 10.2 Å². The van der Waals surface area contributed by atoms with Crippen molar-refractivity contribution in [2.75, 3.05) is 14.2 Å². The summed E-state index contributed by atoms with van der Waals surface area (Å²) in [5.41, 5.74) is 4.67. The molecule has 0 heterocycles. The van der Waals surface area contributed by atoms with Crippen molar-refractivity contribution in [1.29, 1.82) is 0 Å². The van der Waals surface area contributed by atoms with Crippen molar-refractivity contribution in [3.63, 3.8) is 0 Å². The first-order chi connectivity index (χ1) is 17.3. The Kier molecular flexibility index (Phi) is 9.41. The highest BCUT2D eigenvalue weighted by Gasteiger charge is 2.19. The zero-order valence-electron chi connectivity index (χ0n) is 20.7. The number of hydrogen-bond acceptors (Lipinski definition) is 5. The molecule has 0 bridgehead atoms. The molecule has 0 saturated heterocycles. The maximum atomic E-state index is 12.9. The van der Waals surface area contributed by atoms with E-state index < -0.39 is 11.9 Å². The molecule has 190 valence electrons. The number of nitrogens with zero attached hydrogens (tertiary/aromatic N) is 1. The standard InChI is InChI=1S/C27H30ClN3O5/c1-18(2)36-23-13-11-21(15-22(23)28)26(32)30-31(27(33)29-3)16-20-10-12-24(25(14-20)34-4)35-17-19-8-6-5-7-9-19/h5-15,18H,16-17H2,1-4H3,(H,29,33)(H,30,32). The van der Waals surface area contributed by atoms with E-state index in [-0.39, 0.29) is 18.2 Å². The second kappa shape index (κ2) is 12.7. The molecule has 3 aromatic carbocycles. The summed E-state index contributed by atoms with van der Waals surface area (Å²) in [5, 5.41) is 4.01. The fourth-order valence-corrected chi connectivity index (χ4v) is 3.55. The van der Waals surface area contributed by atoms with Crippen molar-refractivity contribution in [3.05, 3.63) is 88.4 Å². The number of methoxy groups -OCH3 is 1. The van der Waals surface area contributed by atoms with Crippen molar-refractivity contribution in [1.82, 2.24) is 15.8 Å². The van der Waals surface area contributed by atoms with E-state index in [1.807, 2.05) is 44.2 Å². The van der Waals surface area contributed by atoms with E-state index in [0.717, 1.165) is 11.1 Å². The lowest BCUT2D eigenvalue weighted by Gasteiger charge is -2.23. The van der Waals surface area contributed by atoms with Gasteiger partial charge in [0.2, 0.25) is 0 Å². The molecule has 0 aliphatic rings. The average molecular weight is 512 g/mol. The van der Waals surface area contributed by atoms with Crippen molar-refractivity contribution in [3.8, 4) is 17.2 Å². The molecule has 0 aliphatic carbocycles. The number of benzene rings is 3. The molecule has 3 aromatic rings. The number of amides is 3. The highest BCUT2D eigenvalue weighted by molar-refractivity contribution is 6.32. The second-order valence-electron chi connectivity index (χ2n) is 8.15. The normalized spacial score (nSPS) is 10.5. The van der Waals surface area contributed by atoms with Crippen LogP contribution in [-0.4, -0.2) is 37.2 Å². The fourth-order valence-electron chi connectivity index (χ4n) is 3.32. The third kappa shape index (κ3) is 7.29. The van der Waals surface area contributed by atoms with Gasteiger partial charge in [0.05, 0.1) is 24.8 Å². The summed E-state index contributed by atoms with van der Waals surface area (Å²) >= 11 is 6.26. The van der Waals surface area contributed by atoms with E-state index in [1.165, 1.54) is 18.1 Å². The molecule has 0 spiro atoms. The zero-order chi connectivity index (χ0) is 26.1. The Morgan fingerprint density at radius 1 is 0.944 bits per heavy atom. The molecule has 3 rings (SSSR count). The third-order valence-electron chi connectivity index (χ3n) is 5.06. The second-order valence-corrected chi connectivity index (χ2v) is 8.56. The highest BCUT2D eigenvalue weighted by atomic mass is 35.5. The van der Waals surface area contributed by atoms with E-state index >= 15 is 0 Å². The van der Waals surface area contributed by atoms with Gasteiger partial charge in [0, 0.05) is 12.6 Å². The minimum absolute atomic E-state index is 0.0574. The first-order valence-corrected chi connectivity index (χ1v) is 11.8. The predicted octanol–water partition coefficient (Wildman–Crippen LogP) is 5.20. The Hall–Kier alpha value is -3.91. The number of ether oxygens (including phenoxy) is 3. The van der Waals surface area contributed by atoms with Crippen LogP contribution in [0, 0.1) is 0 Å². The van der Waals surface area contributed by atoms with Crippen LogP contribution in [-0.2, 0) is 13.2 Å². The van der Waals surface area contributed by atoms with Gasteiger partial charge in [-0.2, -0.15) is 0 Å². The van der Waals surface area contributed by atoms with Gasteiger partial charge in [-0.15, -0.1) is 0 Å². The zero-order valence-corrected chi connectivity index (χ0v) is 21.5. The van der Waals surface area contributed by atoms with Gasteiger partial charge in [0.25, 0.3) is 5.91 Å². The van der Waals surface area contributed by atoms with Gasteiger partial charge in [0.1, 0.15) is 12.4 Å². The van der Waals surface area contributed by atoms with Crippen molar-refractivity contribution < 1.29 is 23.8 Å². The van der Waals surface area contributed by atoms with Crippen molar-refractivity contribution >= 4 is 23.5 Å². The predicted molar refractivity (Wildman–Crippen MR) is 138 cm³/mol. The smallest absolute Gasteiger partial charge is 0.336 e. The summed E-state index contributed by atoms with van der Waals surface area (Å²) in [6, 6.07) is 19.3. The maximum absolute atomic E-state index is 12.9. The van der Waals surface area contributed by atoms with Gasteiger partial charge in [-0.1, -0.05) is 48.0 Å². The molecule has 0 atom stereocenters. The molecule has 9 heteroatoms. The van der Waals surface area contributed by atoms with Crippen LogP contribution in [0.3, 0.4) is 0 Å². The number of carbonyl (C=O) groups is 2. The molecule has 0 fully saturated rings. The topological polar surface area (TPSA) is 89.1 Å². The molecule has 0 saturated carbocycles. The minimum Gasteiger partial charge on any atom is -0.493 e. The Morgan fingerprint density at radius 3 is 2.31 bits per heavy atom. The minimum atomic E-state index is -0.494. The Balaban J connectivity index is 1.72. The number of halogens is 1. The third-order valence-corrected chi connectivity index (χ3v) is 5.35. The van der Waals surface area contributed by atoms with Crippen LogP contribution in [0.25, 0.3) is 0 Å². The molecule has 0 aliphatic heterocycles. The SMILES string of the molecule is CNC(=O)N(Cc1ccc(OCc2ccccc2)c(OC)c1)NC(=O)c1ccc(OC(C)C)c(Cl)c1. The molecule has 36 heavy (non-hydrogen) atoms. The van der Waals surface area contributed by atoms with Crippen molar-refractivity contribution in [2.45, 2.75) is 33.1 Å². The summed E-state index contributed by atoms with van der Waals surface area (Å²) in [4.78, 5) is 25.4. The lowest BCUT2D eigenvalue weighted by Crippen LogP contribution is -2.49. The van der Waals surface area contributed by atoms with Crippen LogP contribution in [0.4, 0.5) is 4.79 Å². The number of urea groups is 1. The van der Waals surface area contributed by atoms with Gasteiger partial charge in [-0.05, 0) is 55.3 Å². The number of hydrogen-bond donors (Lipinski definition) is 2. The Labute approximate surface area is 216 Å². The largest absolute Gasteiger partial charge is 0.493 e. The summed E-state index contributed by atoms with van der Waals surface area (Å²) < 4.78 is 17.0. The first kappa shape index (κ1) is 26.7. The molecule has 8 nitrogen and oxygen atoms in total. The summed E-state index contributed by atoms with van der Waals surface area (Å²) in [6.07, 6.45) is -0.0574. The summed E-state index contributed by atoms with van der Waals surface area (Å²) in [5.74, 6) is 1.07. The average Bonchev–Trinajstić information content (AvgIpc) is 2.88. The first-order valence-electron chi connectivity index (χ1n) is 11.4. The van der Waals surface area contributed by atoms with E-state index in [1.54, 1.807) is 37.4 Å². The van der Waals surface area contributed by atoms with Crippen LogP contribution in [0.2, 0.25) is 5.02 Å². The van der Waals surface area contributed by atoms with E-state index in [9.17, 15) is 9.59 Å². The molecule has 0 radical (unpaired) electrons. The Morgan fingerprint density at radius 2 is 1.67 bits per heavy atom. The van der Waals surface area contributed by atoms with Crippen molar-refractivity contribution in [2.24, 2.45) is 0 Å². The van der Waals surface area contributed by atoms with Gasteiger partial charge in [-0.25, -0.2) is 9.80 Å². The molecule has 0 aromatic heterocycles. The van der Waals surface area contributed by atoms with Crippen LogP contribution in [0.1, 0.15) is 35.3 Å². The fraction of sp³-hybridized carbons (Fsp3) is 0.259. The molecular weight excluding hydrogens is 482 g/mol. The molecular formula is C27H30ClN3O5. The summed E-state index contributed by atoms with van der Waals surface area (Å²) in [7, 11) is 3.03. The van der Waals surface area contributed by atoms with Gasteiger partial charge < -0.3 is 19.5 Å². The summed E-state index contributed by atoms with van der Waals surface area (Å²) in [6.45, 7) is 4.24. The number of rotatable bonds is 9. The number of hydrazine groups is 1. The molecule has 2 N–H and O–H groups in total. The van der Waals surface area contributed by atoms with Crippen LogP contribution >= 0.6 is 11.6 Å².